The fourth-order valence-corrected chi connectivity index (χ4v) is 1.66. The van der Waals surface area contributed by atoms with Crippen LogP contribution in [-0.2, 0) is 0 Å². The highest BCUT2D eigenvalue weighted by Gasteiger charge is 2.45. The van der Waals surface area contributed by atoms with Crippen LogP contribution in [0.25, 0.3) is 0 Å². The van der Waals surface area contributed by atoms with Gasteiger partial charge in [0.2, 0.25) is 0 Å². The smallest absolute Gasteiger partial charge is 0.335 e. The molecule has 2 rings (SSSR count). The lowest BCUT2D eigenvalue weighted by Gasteiger charge is -2.08. The Morgan fingerprint density at radius 1 is 1.53 bits per heavy atom. The molecule has 1 aliphatic carbocycles. The molecule has 15 heavy (non-hydrogen) atoms. The lowest BCUT2D eigenvalue weighted by Crippen LogP contribution is -2.09. The van der Waals surface area contributed by atoms with E-state index < -0.39 is 5.97 Å². The van der Waals surface area contributed by atoms with Gasteiger partial charge in [-0.2, -0.15) is 0 Å². The van der Waals surface area contributed by atoms with Gasteiger partial charge in [0.25, 0.3) is 0 Å². The molecule has 1 aliphatic rings. The molecule has 1 unspecified atom stereocenters. The summed E-state index contributed by atoms with van der Waals surface area (Å²) in [6.07, 6.45) is 1.14. The van der Waals surface area contributed by atoms with E-state index in [1.807, 2.05) is 6.07 Å². The summed E-state index contributed by atoms with van der Waals surface area (Å²) in [5.41, 5.74) is 1.57. The summed E-state index contributed by atoms with van der Waals surface area (Å²) in [7, 11) is 0. The summed E-state index contributed by atoms with van der Waals surface area (Å²) in [5.74, 6) is -0.881. The Kier molecular flexibility index (Phi) is 2.18. The molecule has 0 aliphatic heterocycles. The number of benzene rings is 1. The minimum absolute atomic E-state index is 0.332. The zero-order chi connectivity index (χ0) is 11.1. The van der Waals surface area contributed by atoms with Gasteiger partial charge in [-0.15, -0.1) is 0 Å². The molecule has 0 heterocycles. The van der Waals surface area contributed by atoms with E-state index in [9.17, 15) is 4.79 Å². The van der Waals surface area contributed by atoms with Crippen molar-refractivity contribution in [2.45, 2.75) is 26.3 Å². The maximum absolute atomic E-state index is 10.8. The predicted octanol–water partition coefficient (Wildman–Crippen LogP) is 2.60. The minimum Gasteiger partial charge on any atom is -0.478 e. The van der Waals surface area contributed by atoms with Gasteiger partial charge in [-0.05, 0) is 30.0 Å². The normalized spacial score (nSPS) is 22.1. The third kappa shape index (κ3) is 2.12. The topological polar surface area (TPSA) is 49.3 Å². The molecule has 3 heteroatoms. The van der Waals surface area contributed by atoms with Gasteiger partial charge >= 0.3 is 5.97 Å². The van der Waals surface area contributed by atoms with Crippen molar-refractivity contribution in [3.05, 3.63) is 29.8 Å². The van der Waals surface area contributed by atoms with Gasteiger partial charge in [0.15, 0.2) is 0 Å². The number of nitrogens with one attached hydrogen (secondary N) is 1. The zero-order valence-corrected chi connectivity index (χ0v) is 8.95. The number of hydrogen-bond donors (Lipinski definition) is 2. The van der Waals surface area contributed by atoms with Gasteiger partial charge in [-0.25, -0.2) is 4.79 Å². The van der Waals surface area contributed by atoms with E-state index in [-0.39, 0.29) is 0 Å². The van der Waals surface area contributed by atoms with Crippen molar-refractivity contribution in [1.29, 1.82) is 0 Å². The van der Waals surface area contributed by atoms with E-state index in [4.69, 9.17) is 5.11 Å². The van der Waals surface area contributed by atoms with Crippen molar-refractivity contribution >= 4 is 11.7 Å². The Hall–Kier alpha value is -1.51. The average Bonchev–Trinajstić information content (AvgIpc) is 2.74. The summed E-state index contributed by atoms with van der Waals surface area (Å²) >= 11 is 0. The molecule has 1 saturated carbocycles. The van der Waals surface area contributed by atoms with Crippen molar-refractivity contribution in [2.24, 2.45) is 5.41 Å². The second-order valence-corrected chi connectivity index (χ2v) is 4.78. The second-order valence-electron chi connectivity index (χ2n) is 4.78. The third-order valence-corrected chi connectivity index (χ3v) is 2.96. The third-order valence-electron chi connectivity index (χ3n) is 2.96. The maximum atomic E-state index is 10.8. The molecular formula is C12H15NO2. The van der Waals surface area contributed by atoms with Crippen LogP contribution in [0.4, 0.5) is 5.69 Å². The summed E-state index contributed by atoms with van der Waals surface area (Å²) < 4.78 is 0. The Morgan fingerprint density at radius 3 is 2.73 bits per heavy atom. The van der Waals surface area contributed by atoms with E-state index in [1.165, 1.54) is 0 Å². The van der Waals surface area contributed by atoms with Crippen LogP contribution in [0.1, 0.15) is 30.6 Å². The van der Waals surface area contributed by atoms with E-state index >= 15 is 0 Å². The Bertz CT molecular complexity index is 398. The highest BCUT2D eigenvalue weighted by Crippen LogP contribution is 2.46. The van der Waals surface area contributed by atoms with Crippen molar-refractivity contribution in [3.8, 4) is 0 Å². The molecule has 1 aromatic rings. The number of rotatable bonds is 3. The molecule has 3 nitrogen and oxygen atoms in total. The Labute approximate surface area is 89.1 Å². The molecule has 0 spiro atoms. The van der Waals surface area contributed by atoms with Crippen molar-refractivity contribution in [1.82, 2.24) is 0 Å². The maximum Gasteiger partial charge on any atom is 0.335 e. The first-order valence-electron chi connectivity index (χ1n) is 5.09. The molecule has 1 atom stereocenters. The summed E-state index contributed by atoms with van der Waals surface area (Å²) in [4.78, 5) is 10.8. The van der Waals surface area contributed by atoms with Crippen LogP contribution >= 0.6 is 0 Å². The van der Waals surface area contributed by atoms with Gasteiger partial charge < -0.3 is 10.4 Å². The minimum atomic E-state index is -0.881. The zero-order valence-electron chi connectivity index (χ0n) is 8.95. The van der Waals surface area contributed by atoms with Crippen molar-refractivity contribution in [2.75, 3.05) is 5.32 Å². The quantitative estimate of drug-likeness (QED) is 0.797. The number of anilines is 1. The second kappa shape index (κ2) is 3.26. The number of hydrogen-bond acceptors (Lipinski definition) is 2. The lowest BCUT2D eigenvalue weighted by molar-refractivity contribution is 0.0697. The van der Waals surface area contributed by atoms with Gasteiger partial charge in [-0.3, -0.25) is 0 Å². The Balaban J connectivity index is 2.09. The molecule has 80 valence electrons. The number of carbonyl (C=O) groups is 1. The van der Waals surface area contributed by atoms with Crippen LogP contribution in [-0.4, -0.2) is 17.1 Å². The molecule has 0 saturated heterocycles. The molecule has 1 aromatic carbocycles. The largest absolute Gasteiger partial charge is 0.478 e. The van der Waals surface area contributed by atoms with Crippen LogP contribution in [0.3, 0.4) is 0 Å². The first-order chi connectivity index (χ1) is 6.99. The van der Waals surface area contributed by atoms with Crippen LogP contribution in [0, 0.1) is 5.41 Å². The average molecular weight is 205 g/mol. The molecule has 2 N–H and O–H groups in total. The summed E-state index contributed by atoms with van der Waals surface area (Å²) in [5, 5.41) is 12.2. The highest BCUT2D eigenvalue weighted by atomic mass is 16.4. The fourth-order valence-electron chi connectivity index (χ4n) is 1.66. The standard InChI is InChI=1S/C12H15NO2/c1-12(2)7-10(12)13-9-5-3-4-8(6-9)11(14)15/h3-6,10,13H,7H2,1-2H3,(H,14,15). The fraction of sp³-hybridized carbons (Fsp3) is 0.417. The number of carboxylic acid groups (broad SMARTS) is 1. The van der Waals surface area contributed by atoms with Crippen molar-refractivity contribution < 1.29 is 9.90 Å². The highest BCUT2D eigenvalue weighted by molar-refractivity contribution is 5.88. The SMILES string of the molecule is CC1(C)CC1Nc1cccc(C(=O)O)c1. The van der Waals surface area contributed by atoms with Crippen LogP contribution < -0.4 is 5.32 Å². The van der Waals surface area contributed by atoms with E-state index in [0.29, 0.717) is 17.0 Å². The molecule has 0 radical (unpaired) electrons. The first-order valence-corrected chi connectivity index (χ1v) is 5.09. The van der Waals surface area contributed by atoms with Crippen LogP contribution in [0.15, 0.2) is 24.3 Å². The van der Waals surface area contributed by atoms with E-state index in [0.717, 1.165) is 12.1 Å². The van der Waals surface area contributed by atoms with Crippen LogP contribution in [0.5, 0.6) is 0 Å². The van der Waals surface area contributed by atoms with Gasteiger partial charge in [0, 0.05) is 11.7 Å². The summed E-state index contributed by atoms with van der Waals surface area (Å²) in [6, 6.07) is 7.42. The number of aromatic carboxylic acids is 1. The van der Waals surface area contributed by atoms with E-state index in [1.54, 1.807) is 18.2 Å². The molecule has 0 amide bonds. The molecular weight excluding hydrogens is 190 g/mol. The molecule has 1 fully saturated rings. The van der Waals surface area contributed by atoms with Gasteiger partial charge in [0.1, 0.15) is 0 Å². The van der Waals surface area contributed by atoms with Gasteiger partial charge in [0.05, 0.1) is 5.56 Å². The predicted molar refractivity (Wildman–Crippen MR) is 59.2 cm³/mol. The number of carboxylic acids is 1. The van der Waals surface area contributed by atoms with Crippen molar-refractivity contribution in [3.63, 3.8) is 0 Å². The summed E-state index contributed by atoms with van der Waals surface area (Å²) in [6.45, 7) is 4.40. The first kappa shape index (κ1) is 10.0. The molecule has 0 aromatic heterocycles. The van der Waals surface area contributed by atoms with Crippen LogP contribution in [0.2, 0.25) is 0 Å². The Morgan fingerprint density at radius 2 is 2.20 bits per heavy atom. The van der Waals surface area contributed by atoms with E-state index in [2.05, 4.69) is 19.2 Å². The lowest BCUT2D eigenvalue weighted by atomic mass is 10.1. The molecule has 0 bridgehead atoms. The van der Waals surface area contributed by atoms with Gasteiger partial charge in [-0.1, -0.05) is 19.9 Å². The monoisotopic (exact) mass is 205 g/mol.